The number of aryl methyl sites for hydroxylation is 8. The second kappa shape index (κ2) is 24.4. The molecule has 0 unspecified atom stereocenters. The summed E-state index contributed by atoms with van der Waals surface area (Å²) in [6.45, 7) is 8.45. The number of furan rings is 1. The lowest BCUT2D eigenvalue weighted by Crippen LogP contribution is -2.30. The zero-order valence-electron chi connectivity index (χ0n) is 53.3. The number of hydrogen-bond donors (Lipinski definition) is 0. The van der Waals surface area contributed by atoms with Gasteiger partial charge in [0.15, 0.2) is 18.6 Å². The largest absolute Gasteiger partial charge is 0.438 e. The predicted octanol–water partition coefficient (Wildman–Crippen LogP) is 20.3. The van der Waals surface area contributed by atoms with Gasteiger partial charge in [0.2, 0.25) is 28.7 Å². The molecule has 95 heavy (non-hydrogen) atoms. The molecular weight excluding hydrogens is 1250 g/mol. The molecule has 0 fully saturated rings. The molecular formula is C81H62F4N6OS3+4. The molecule has 7 nitrogen and oxygen atoms in total. The number of para-hydroxylation sites is 1. The number of pyridine rings is 5. The molecule has 0 aliphatic heterocycles. The van der Waals surface area contributed by atoms with Gasteiger partial charge in [0.1, 0.15) is 60.1 Å². The maximum absolute atomic E-state index is 13.6. The smallest absolute Gasteiger partial charge is 0.294 e. The van der Waals surface area contributed by atoms with Crippen molar-refractivity contribution in [3.63, 3.8) is 0 Å². The fourth-order valence-electron chi connectivity index (χ4n) is 13.3. The molecule has 10 aromatic heterocycles. The molecule has 464 valence electrons. The summed E-state index contributed by atoms with van der Waals surface area (Å²) in [4.78, 5) is 3.90. The highest BCUT2D eigenvalue weighted by atomic mass is 32.1. The molecule has 14 heteroatoms. The third-order valence-electron chi connectivity index (χ3n) is 18.0. The van der Waals surface area contributed by atoms with E-state index < -0.39 is 5.95 Å². The van der Waals surface area contributed by atoms with Crippen molar-refractivity contribution < 1.29 is 40.2 Å². The van der Waals surface area contributed by atoms with Gasteiger partial charge >= 0.3 is 0 Å². The van der Waals surface area contributed by atoms with E-state index in [2.05, 4.69) is 242 Å². The van der Waals surface area contributed by atoms with E-state index in [4.69, 9.17) is 4.42 Å². The summed E-state index contributed by atoms with van der Waals surface area (Å²) in [5.41, 5.74) is 16.4. The van der Waals surface area contributed by atoms with Crippen LogP contribution in [0.3, 0.4) is 0 Å². The molecule has 10 heterocycles. The van der Waals surface area contributed by atoms with E-state index in [-0.39, 0.29) is 17.5 Å². The molecule has 0 N–H and O–H groups in total. The minimum atomic E-state index is -0.539. The number of nitrogens with zero attached hydrogens (tertiary/aromatic N) is 6. The van der Waals surface area contributed by atoms with Crippen molar-refractivity contribution in [2.75, 3.05) is 0 Å². The molecule has 0 aliphatic carbocycles. The van der Waals surface area contributed by atoms with Gasteiger partial charge in [0, 0.05) is 96.8 Å². The van der Waals surface area contributed by atoms with E-state index in [1.54, 1.807) is 58.3 Å². The summed E-state index contributed by atoms with van der Waals surface area (Å²) in [6.07, 6.45) is 8.43. The Balaban J connectivity index is 0.000000105. The third-order valence-corrected chi connectivity index (χ3v) is 21.4. The summed E-state index contributed by atoms with van der Waals surface area (Å²) in [5.74, 6) is -1.08. The van der Waals surface area contributed by atoms with Gasteiger partial charge in [-0.25, -0.2) is 22.3 Å². The first kappa shape index (κ1) is 60.7. The molecule has 0 saturated heterocycles. The topological polar surface area (TPSA) is 46.5 Å². The Morgan fingerprint density at radius 2 is 0.916 bits per heavy atom. The summed E-state index contributed by atoms with van der Waals surface area (Å²) >= 11 is 4.94. The summed E-state index contributed by atoms with van der Waals surface area (Å²) in [5, 5.41) is 11.1. The Morgan fingerprint density at radius 3 is 1.58 bits per heavy atom. The second-order valence-corrected chi connectivity index (χ2v) is 27.4. The van der Waals surface area contributed by atoms with Crippen LogP contribution in [0.5, 0.6) is 0 Å². The van der Waals surface area contributed by atoms with Crippen molar-refractivity contribution in [3.8, 4) is 39.5 Å². The van der Waals surface area contributed by atoms with Crippen LogP contribution in [0.1, 0.15) is 22.3 Å². The normalized spacial score (nSPS) is 11.6. The lowest BCUT2D eigenvalue weighted by atomic mass is 10.0. The Labute approximate surface area is 556 Å². The summed E-state index contributed by atoms with van der Waals surface area (Å²) < 4.78 is 77.3. The highest BCUT2D eigenvalue weighted by Crippen LogP contribution is 2.42. The molecule has 8 aromatic carbocycles. The molecule has 0 radical (unpaired) electrons. The van der Waals surface area contributed by atoms with Gasteiger partial charge in [-0.2, -0.15) is 23.1 Å². The van der Waals surface area contributed by atoms with Gasteiger partial charge in [0.05, 0.1) is 34.3 Å². The molecule has 18 rings (SSSR count). The van der Waals surface area contributed by atoms with Crippen LogP contribution in [0, 0.1) is 51.1 Å². The van der Waals surface area contributed by atoms with Crippen molar-refractivity contribution in [1.82, 2.24) is 9.55 Å². The Bertz CT molecular complexity index is 6100. The lowest BCUT2D eigenvalue weighted by Gasteiger charge is -2.06. The zero-order chi connectivity index (χ0) is 65.5. The van der Waals surface area contributed by atoms with Crippen molar-refractivity contribution >= 4 is 139 Å². The predicted molar refractivity (Wildman–Crippen MR) is 384 cm³/mol. The van der Waals surface area contributed by atoms with Crippen LogP contribution in [0.25, 0.3) is 144 Å². The highest BCUT2D eigenvalue weighted by Gasteiger charge is 2.26. The first-order chi connectivity index (χ1) is 46.0. The zero-order valence-corrected chi connectivity index (χ0v) is 55.7. The van der Waals surface area contributed by atoms with E-state index in [1.165, 1.54) is 116 Å². The van der Waals surface area contributed by atoms with E-state index in [0.717, 1.165) is 63.4 Å². The van der Waals surface area contributed by atoms with Gasteiger partial charge in [0.25, 0.3) is 5.65 Å². The molecule has 0 bridgehead atoms. The Morgan fingerprint density at radius 1 is 0.379 bits per heavy atom. The van der Waals surface area contributed by atoms with E-state index in [1.807, 2.05) is 24.3 Å². The molecule has 18 aromatic rings. The number of thiophene rings is 3. The summed E-state index contributed by atoms with van der Waals surface area (Å²) in [6, 6.07) is 66.7. The minimum Gasteiger partial charge on any atom is -0.438 e. The SMILES string of the molecule is Cc1cc2oc3nc(F)ccc3c2cc1-n1c2ccccc2c2ccc[n+](C)c21.Cc1ccccc1-c1c2sc3cc(F)ccc3c2cc[n+]1C.Cc1ccccc1-c1cc2c(c[n+]1C)sc1cc(F)ccc12.Cc1ccccc1-c1cc2sc3cc(F)ccc3c2c[n+]1C. The van der Waals surface area contributed by atoms with Crippen LogP contribution < -0.4 is 18.3 Å². The van der Waals surface area contributed by atoms with Gasteiger partial charge in [-0.3, -0.25) is 0 Å². The average Bonchev–Trinajstić information content (AvgIpc) is 1.59. The molecule has 0 atom stereocenters. The first-order valence-corrected chi connectivity index (χ1v) is 33.6. The second-order valence-electron chi connectivity index (χ2n) is 24.2. The highest BCUT2D eigenvalue weighted by molar-refractivity contribution is 7.26. The van der Waals surface area contributed by atoms with Gasteiger partial charge in [-0.15, -0.1) is 34.0 Å². The van der Waals surface area contributed by atoms with Crippen molar-refractivity contribution in [1.29, 1.82) is 0 Å². The lowest BCUT2D eigenvalue weighted by molar-refractivity contribution is -0.659. The van der Waals surface area contributed by atoms with E-state index in [0.29, 0.717) is 11.3 Å². The van der Waals surface area contributed by atoms with Crippen LogP contribution in [-0.2, 0) is 28.2 Å². The van der Waals surface area contributed by atoms with Crippen molar-refractivity contribution in [2.45, 2.75) is 27.7 Å². The standard InChI is InChI=1S/C24H17FN3O.3C19H15FNS/c1-14-12-21-18(16-9-10-22(25)26-23(16)29-21)13-20(14)28-19-8-4-3-6-15(19)17-7-5-11-27(2)24(17)28;1-12-5-3-4-6-14(12)17-10-19-16(11-21(17)2)15-8-7-13(20)9-18(15)22-19;1-12-5-3-4-6-14(12)17-10-16-15-8-7-13(20)9-18(15)22-19(16)11-21(17)2;1-12-5-3-4-6-14(12)18-19-16(9-10-21(18)2)15-8-7-13(20)11-17(15)22-19/h3-13H,1-2H3;3*3-11H,1-2H3/q4*+1. The number of hydrogen-bond acceptors (Lipinski definition) is 5. The first-order valence-electron chi connectivity index (χ1n) is 31.1. The van der Waals surface area contributed by atoms with Crippen LogP contribution >= 0.6 is 34.0 Å². The number of fused-ring (bicyclic) bond motifs is 15. The molecule has 0 saturated carbocycles. The van der Waals surface area contributed by atoms with Gasteiger partial charge in [-0.1, -0.05) is 66.7 Å². The van der Waals surface area contributed by atoms with E-state index >= 15 is 0 Å². The molecule has 0 spiro atoms. The Hall–Kier alpha value is -10.5. The van der Waals surface area contributed by atoms with Crippen molar-refractivity contribution in [2.24, 2.45) is 28.2 Å². The quantitative estimate of drug-likeness (QED) is 0.100. The summed E-state index contributed by atoms with van der Waals surface area (Å²) in [7, 11) is 8.25. The fourth-order valence-corrected chi connectivity index (χ4v) is 16.9. The minimum absolute atomic E-state index is 0.178. The number of benzene rings is 8. The molecule has 0 aliphatic rings. The monoisotopic (exact) mass is 1310 g/mol. The maximum Gasteiger partial charge on any atom is 0.294 e. The number of halogens is 4. The molecule has 0 amide bonds. The van der Waals surface area contributed by atoms with Crippen LogP contribution in [0.4, 0.5) is 17.6 Å². The van der Waals surface area contributed by atoms with Crippen molar-refractivity contribution in [3.05, 3.63) is 277 Å². The maximum atomic E-state index is 13.6. The third kappa shape index (κ3) is 11.0. The van der Waals surface area contributed by atoms with Gasteiger partial charge in [-0.05, 0) is 166 Å². The Kier molecular flexibility index (Phi) is 15.6. The number of rotatable bonds is 4. The van der Waals surface area contributed by atoms with Gasteiger partial charge < -0.3 is 4.42 Å². The van der Waals surface area contributed by atoms with Crippen LogP contribution in [0.15, 0.2) is 235 Å². The average molecular weight is 1310 g/mol. The van der Waals surface area contributed by atoms with E-state index in [9.17, 15) is 17.6 Å². The van der Waals surface area contributed by atoms with Crippen LogP contribution in [-0.4, -0.2) is 9.55 Å². The van der Waals surface area contributed by atoms with Crippen LogP contribution in [0.2, 0.25) is 0 Å². The fraction of sp³-hybridized carbons (Fsp3) is 0.0988. The number of aromatic nitrogens is 6.